The molecule has 1 aromatic heterocycles. The number of anilines is 1. The maximum atomic E-state index is 13.4. The molecule has 0 radical (unpaired) electrons. The fourth-order valence-corrected chi connectivity index (χ4v) is 4.26. The third-order valence-electron chi connectivity index (χ3n) is 5.55. The predicted octanol–water partition coefficient (Wildman–Crippen LogP) is 4.24. The first-order valence-corrected chi connectivity index (χ1v) is 11.1. The summed E-state index contributed by atoms with van der Waals surface area (Å²) in [6.07, 6.45) is 2.07. The van der Waals surface area contributed by atoms with Crippen LogP contribution in [0, 0.1) is 5.92 Å². The van der Waals surface area contributed by atoms with Crippen molar-refractivity contribution in [3.8, 4) is 0 Å². The number of halogens is 2. The summed E-state index contributed by atoms with van der Waals surface area (Å²) < 4.78 is 0. The lowest BCUT2D eigenvalue weighted by atomic mass is 9.98. The van der Waals surface area contributed by atoms with Crippen LogP contribution in [-0.4, -0.2) is 43.0 Å². The van der Waals surface area contributed by atoms with Gasteiger partial charge in [0.15, 0.2) is 0 Å². The van der Waals surface area contributed by atoms with Gasteiger partial charge in [0.2, 0.25) is 5.91 Å². The highest BCUT2D eigenvalue weighted by Gasteiger charge is 2.24. The Hall–Kier alpha value is -2.54. The zero-order valence-electron chi connectivity index (χ0n) is 17.0. The lowest BCUT2D eigenvalue weighted by molar-refractivity contribution is -0.119. The molecule has 162 valence electrons. The van der Waals surface area contributed by atoms with Crippen molar-refractivity contribution in [3.63, 3.8) is 0 Å². The third-order valence-corrected chi connectivity index (χ3v) is 6.10. The number of benzene rings is 2. The lowest BCUT2D eigenvalue weighted by Gasteiger charge is -2.25. The SMILES string of the molecule is O=C(CN(C(=O)c1cc2cc(Cl)ccc2[nH]1)c1ccccc1Cl)NCC1CCNCC1. The zero-order chi connectivity index (χ0) is 21.8. The summed E-state index contributed by atoms with van der Waals surface area (Å²) in [4.78, 5) is 30.7. The Kier molecular flexibility index (Phi) is 6.80. The van der Waals surface area contributed by atoms with Crippen molar-refractivity contribution in [2.45, 2.75) is 12.8 Å². The van der Waals surface area contributed by atoms with E-state index in [1.807, 2.05) is 6.07 Å². The fourth-order valence-electron chi connectivity index (χ4n) is 3.84. The fraction of sp³-hybridized carbons (Fsp3) is 0.304. The number of carbonyl (C=O) groups is 2. The van der Waals surface area contributed by atoms with Crippen LogP contribution in [-0.2, 0) is 4.79 Å². The first kappa shape index (κ1) is 21.7. The van der Waals surface area contributed by atoms with E-state index >= 15 is 0 Å². The molecule has 31 heavy (non-hydrogen) atoms. The van der Waals surface area contributed by atoms with Gasteiger partial charge in [0, 0.05) is 22.5 Å². The number of para-hydroxylation sites is 1. The highest BCUT2D eigenvalue weighted by Crippen LogP contribution is 2.28. The van der Waals surface area contributed by atoms with Gasteiger partial charge < -0.3 is 15.6 Å². The van der Waals surface area contributed by atoms with Gasteiger partial charge in [0.25, 0.3) is 5.91 Å². The first-order valence-electron chi connectivity index (χ1n) is 10.3. The van der Waals surface area contributed by atoms with Crippen LogP contribution in [0.5, 0.6) is 0 Å². The number of nitrogens with one attached hydrogen (secondary N) is 3. The quantitative estimate of drug-likeness (QED) is 0.516. The Morgan fingerprint density at radius 2 is 1.84 bits per heavy atom. The maximum Gasteiger partial charge on any atom is 0.275 e. The molecule has 1 saturated heterocycles. The van der Waals surface area contributed by atoms with Gasteiger partial charge >= 0.3 is 0 Å². The Morgan fingerprint density at radius 1 is 1.06 bits per heavy atom. The summed E-state index contributed by atoms with van der Waals surface area (Å²) in [6, 6.07) is 14.1. The number of nitrogens with zero attached hydrogens (tertiary/aromatic N) is 1. The largest absolute Gasteiger partial charge is 0.354 e. The molecule has 0 bridgehead atoms. The van der Waals surface area contributed by atoms with Crippen molar-refractivity contribution in [2.24, 2.45) is 5.92 Å². The third kappa shape index (κ3) is 5.21. The van der Waals surface area contributed by atoms with Crippen LogP contribution in [0.3, 0.4) is 0 Å². The molecule has 0 aliphatic carbocycles. The van der Waals surface area contributed by atoms with E-state index in [0.29, 0.717) is 33.9 Å². The summed E-state index contributed by atoms with van der Waals surface area (Å²) in [6.45, 7) is 2.42. The van der Waals surface area contributed by atoms with Gasteiger partial charge in [-0.1, -0.05) is 35.3 Å². The first-order chi connectivity index (χ1) is 15.0. The molecule has 2 aromatic carbocycles. The number of amides is 2. The van der Waals surface area contributed by atoms with Crippen molar-refractivity contribution in [1.82, 2.24) is 15.6 Å². The van der Waals surface area contributed by atoms with Gasteiger partial charge in [0.05, 0.1) is 10.7 Å². The minimum atomic E-state index is -0.336. The van der Waals surface area contributed by atoms with Crippen molar-refractivity contribution >= 4 is 51.6 Å². The van der Waals surface area contributed by atoms with Crippen LogP contribution < -0.4 is 15.5 Å². The molecule has 1 fully saturated rings. The number of rotatable bonds is 6. The van der Waals surface area contributed by atoms with Crippen LogP contribution in [0.25, 0.3) is 10.9 Å². The number of hydrogen-bond acceptors (Lipinski definition) is 3. The summed E-state index contributed by atoms with van der Waals surface area (Å²) in [5, 5.41) is 8.12. The summed E-state index contributed by atoms with van der Waals surface area (Å²) >= 11 is 12.4. The molecular weight excluding hydrogens is 435 g/mol. The van der Waals surface area contributed by atoms with Crippen molar-refractivity contribution in [1.29, 1.82) is 0 Å². The van der Waals surface area contributed by atoms with Crippen LogP contribution in [0.15, 0.2) is 48.5 Å². The zero-order valence-corrected chi connectivity index (χ0v) is 18.5. The van der Waals surface area contributed by atoms with E-state index in [4.69, 9.17) is 23.2 Å². The second-order valence-corrected chi connectivity index (χ2v) is 8.60. The van der Waals surface area contributed by atoms with Gasteiger partial charge in [-0.15, -0.1) is 0 Å². The number of aromatic nitrogens is 1. The molecule has 4 rings (SSSR count). The molecule has 0 unspecified atom stereocenters. The molecule has 3 aromatic rings. The molecule has 6 nitrogen and oxygen atoms in total. The molecular formula is C23H24Cl2N4O2. The standard InChI is InChI=1S/C23H24Cl2N4O2/c24-17-5-6-19-16(11-17)12-20(28-19)23(31)29(21-4-2-1-3-18(21)25)14-22(30)27-13-15-7-9-26-10-8-15/h1-6,11-12,15,26,28H,7-10,13-14H2,(H,27,30). The number of H-pyrrole nitrogens is 1. The van der Waals surface area contributed by atoms with Gasteiger partial charge in [-0.25, -0.2) is 0 Å². The van der Waals surface area contributed by atoms with Crippen LogP contribution in [0.4, 0.5) is 5.69 Å². The van der Waals surface area contributed by atoms with Gasteiger partial charge in [0.1, 0.15) is 12.2 Å². The average Bonchev–Trinajstić information content (AvgIpc) is 3.20. The summed E-state index contributed by atoms with van der Waals surface area (Å²) in [7, 11) is 0. The molecule has 3 N–H and O–H groups in total. The summed E-state index contributed by atoms with van der Waals surface area (Å²) in [5.74, 6) is -0.100. The van der Waals surface area contributed by atoms with E-state index in [1.54, 1.807) is 42.5 Å². The Labute approximate surface area is 190 Å². The second kappa shape index (κ2) is 9.73. The number of aromatic amines is 1. The highest BCUT2D eigenvalue weighted by atomic mass is 35.5. The van der Waals surface area contributed by atoms with Gasteiger partial charge in [-0.05, 0) is 68.2 Å². The van der Waals surface area contributed by atoms with Crippen molar-refractivity contribution < 1.29 is 9.59 Å². The predicted molar refractivity (Wildman–Crippen MR) is 125 cm³/mol. The molecule has 0 spiro atoms. The Balaban J connectivity index is 1.55. The van der Waals surface area contributed by atoms with E-state index in [9.17, 15) is 9.59 Å². The monoisotopic (exact) mass is 458 g/mol. The van der Waals surface area contributed by atoms with E-state index in [2.05, 4.69) is 15.6 Å². The molecule has 2 amide bonds. The van der Waals surface area contributed by atoms with Crippen LogP contribution in [0.1, 0.15) is 23.3 Å². The second-order valence-electron chi connectivity index (χ2n) is 7.75. The number of piperidine rings is 1. The number of fused-ring (bicyclic) bond motifs is 1. The molecule has 0 atom stereocenters. The van der Waals surface area contributed by atoms with E-state index < -0.39 is 0 Å². The Morgan fingerprint density at radius 3 is 2.61 bits per heavy atom. The van der Waals surface area contributed by atoms with E-state index in [1.165, 1.54) is 4.90 Å². The van der Waals surface area contributed by atoms with E-state index in [-0.39, 0.29) is 18.4 Å². The van der Waals surface area contributed by atoms with Crippen LogP contribution in [0.2, 0.25) is 10.0 Å². The lowest BCUT2D eigenvalue weighted by Crippen LogP contribution is -2.43. The molecule has 0 saturated carbocycles. The number of hydrogen-bond donors (Lipinski definition) is 3. The normalized spacial score (nSPS) is 14.5. The Bertz CT molecular complexity index is 1090. The van der Waals surface area contributed by atoms with Crippen molar-refractivity contribution in [3.05, 3.63) is 64.3 Å². The average molecular weight is 459 g/mol. The smallest absolute Gasteiger partial charge is 0.275 e. The van der Waals surface area contributed by atoms with Gasteiger partial charge in [-0.3, -0.25) is 14.5 Å². The molecule has 2 heterocycles. The van der Waals surface area contributed by atoms with E-state index in [0.717, 1.165) is 36.8 Å². The number of carbonyl (C=O) groups excluding carboxylic acids is 2. The highest BCUT2D eigenvalue weighted by molar-refractivity contribution is 6.34. The molecule has 1 aliphatic rings. The topological polar surface area (TPSA) is 77.2 Å². The van der Waals surface area contributed by atoms with Crippen molar-refractivity contribution in [2.75, 3.05) is 31.1 Å². The minimum Gasteiger partial charge on any atom is -0.354 e. The maximum absolute atomic E-state index is 13.4. The summed E-state index contributed by atoms with van der Waals surface area (Å²) in [5.41, 5.74) is 1.65. The van der Waals surface area contributed by atoms with Crippen LogP contribution >= 0.6 is 23.2 Å². The molecule has 1 aliphatic heterocycles. The molecule has 8 heteroatoms. The van der Waals surface area contributed by atoms with Gasteiger partial charge in [-0.2, -0.15) is 0 Å². The minimum absolute atomic E-state index is 0.121.